The van der Waals surface area contributed by atoms with Crippen LogP contribution in [0.5, 0.6) is 0 Å². The van der Waals surface area contributed by atoms with Gasteiger partial charge in [0.1, 0.15) is 0 Å². The Labute approximate surface area is 121 Å². The van der Waals surface area contributed by atoms with Gasteiger partial charge in [-0.05, 0) is 37.5 Å². The first-order valence-corrected chi connectivity index (χ1v) is 7.68. The molecule has 106 valence electrons. The normalized spacial score (nSPS) is 20.8. The molecule has 0 radical (unpaired) electrons. The van der Waals surface area contributed by atoms with E-state index in [1.54, 1.807) is 0 Å². The fourth-order valence-electron chi connectivity index (χ4n) is 2.78. The lowest BCUT2D eigenvalue weighted by atomic mass is 9.94. The Morgan fingerprint density at radius 2 is 1.74 bits per heavy atom. The number of hydrogen-bond acceptors (Lipinski definition) is 2. The highest BCUT2D eigenvalue weighted by atomic mass is 35.5. The molecule has 0 amide bonds. The molecule has 1 aliphatic carbocycles. The van der Waals surface area contributed by atoms with Crippen molar-refractivity contribution >= 4 is 11.6 Å². The van der Waals surface area contributed by atoms with Crippen molar-refractivity contribution in [2.45, 2.75) is 57.1 Å². The molecule has 2 rings (SSSR count). The molecule has 1 aliphatic rings. The van der Waals surface area contributed by atoms with Gasteiger partial charge in [-0.1, -0.05) is 49.4 Å². The molecular weight excluding hydrogens is 258 g/mol. The highest BCUT2D eigenvalue weighted by molar-refractivity contribution is 6.30. The average Bonchev–Trinajstić information content (AvgIpc) is 2.62. The second kappa shape index (κ2) is 6.74. The molecule has 0 aliphatic heterocycles. The molecule has 1 saturated carbocycles. The second-order valence-electron chi connectivity index (χ2n) is 5.79. The number of hydrogen-bond donors (Lipinski definition) is 2. The number of halogens is 1. The maximum atomic E-state index is 10.6. The molecule has 1 aromatic rings. The van der Waals surface area contributed by atoms with Gasteiger partial charge in [-0.25, -0.2) is 0 Å². The van der Waals surface area contributed by atoms with Crippen molar-refractivity contribution in [1.82, 2.24) is 5.32 Å². The Morgan fingerprint density at radius 1 is 1.16 bits per heavy atom. The van der Waals surface area contributed by atoms with Gasteiger partial charge in [-0.2, -0.15) is 0 Å². The van der Waals surface area contributed by atoms with E-state index < -0.39 is 5.60 Å². The first kappa shape index (κ1) is 14.8. The van der Waals surface area contributed by atoms with Crippen LogP contribution >= 0.6 is 11.6 Å². The largest absolute Gasteiger partial charge is 0.389 e. The molecule has 0 unspecified atom stereocenters. The van der Waals surface area contributed by atoms with Crippen LogP contribution in [-0.2, 0) is 0 Å². The summed E-state index contributed by atoms with van der Waals surface area (Å²) in [5.41, 5.74) is 0.693. The molecule has 0 heterocycles. The first-order valence-electron chi connectivity index (χ1n) is 7.30. The second-order valence-corrected chi connectivity index (χ2v) is 6.23. The molecule has 2 N–H and O–H groups in total. The van der Waals surface area contributed by atoms with Crippen molar-refractivity contribution in [3.8, 4) is 0 Å². The predicted octanol–water partition coefficient (Wildman–Crippen LogP) is 4.08. The van der Waals surface area contributed by atoms with E-state index in [0.29, 0.717) is 6.54 Å². The molecule has 0 bridgehead atoms. The summed E-state index contributed by atoms with van der Waals surface area (Å²) < 4.78 is 0. The molecule has 3 heteroatoms. The molecule has 1 aromatic carbocycles. The van der Waals surface area contributed by atoms with Crippen molar-refractivity contribution in [2.24, 2.45) is 0 Å². The summed E-state index contributed by atoms with van der Waals surface area (Å²) in [7, 11) is 0. The zero-order valence-corrected chi connectivity index (χ0v) is 12.4. The highest BCUT2D eigenvalue weighted by Gasteiger charge is 2.28. The standard InChI is InChI=1S/C16H24ClNO/c1-13(14-6-8-15(17)9-7-14)18-12-16(19)10-4-2-3-5-11-16/h6-9,13,18-19H,2-5,10-12H2,1H3/t13-/m0/s1. The minimum absolute atomic E-state index is 0.240. The van der Waals surface area contributed by atoms with Crippen LogP contribution in [0.1, 0.15) is 57.1 Å². The maximum Gasteiger partial charge on any atom is 0.0771 e. The zero-order valence-electron chi connectivity index (χ0n) is 11.7. The Balaban J connectivity index is 1.88. The van der Waals surface area contributed by atoms with Gasteiger partial charge in [0.2, 0.25) is 0 Å². The van der Waals surface area contributed by atoms with E-state index in [9.17, 15) is 5.11 Å². The van der Waals surface area contributed by atoms with E-state index in [0.717, 1.165) is 30.7 Å². The van der Waals surface area contributed by atoms with Crippen LogP contribution in [0, 0.1) is 0 Å². The number of rotatable bonds is 4. The summed E-state index contributed by atoms with van der Waals surface area (Å²) >= 11 is 5.90. The smallest absolute Gasteiger partial charge is 0.0771 e. The summed E-state index contributed by atoms with van der Waals surface area (Å²) in [5, 5.41) is 14.8. The van der Waals surface area contributed by atoms with Crippen molar-refractivity contribution in [1.29, 1.82) is 0 Å². The molecule has 2 nitrogen and oxygen atoms in total. The molecule has 0 saturated heterocycles. The SMILES string of the molecule is C[C@H](NCC1(O)CCCCCC1)c1ccc(Cl)cc1. The fraction of sp³-hybridized carbons (Fsp3) is 0.625. The van der Waals surface area contributed by atoms with Crippen LogP contribution in [0.3, 0.4) is 0 Å². The molecular formula is C16H24ClNO. The van der Waals surface area contributed by atoms with E-state index in [4.69, 9.17) is 11.6 Å². The molecule has 0 spiro atoms. The Hall–Kier alpha value is -0.570. The summed E-state index contributed by atoms with van der Waals surface area (Å²) in [6.45, 7) is 2.81. The van der Waals surface area contributed by atoms with E-state index in [2.05, 4.69) is 12.2 Å². The number of nitrogens with one attached hydrogen (secondary N) is 1. The summed E-state index contributed by atoms with van der Waals surface area (Å²) in [4.78, 5) is 0. The van der Waals surface area contributed by atoms with E-state index in [1.807, 2.05) is 24.3 Å². The van der Waals surface area contributed by atoms with Gasteiger partial charge in [-0.3, -0.25) is 0 Å². The van der Waals surface area contributed by atoms with Crippen LogP contribution in [0.2, 0.25) is 5.02 Å². The Bertz CT molecular complexity index is 382. The summed E-state index contributed by atoms with van der Waals surface area (Å²) in [6.07, 6.45) is 6.66. The third kappa shape index (κ3) is 4.48. The van der Waals surface area contributed by atoms with Gasteiger partial charge in [0.05, 0.1) is 5.60 Å². The van der Waals surface area contributed by atoms with Crippen molar-refractivity contribution < 1.29 is 5.11 Å². The Kier molecular flexibility index (Phi) is 5.26. The Morgan fingerprint density at radius 3 is 2.32 bits per heavy atom. The van der Waals surface area contributed by atoms with E-state index in [1.165, 1.54) is 18.4 Å². The van der Waals surface area contributed by atoms with Gasteiger partial charge < -0.3 is 10.4 Å². The minimum Gasteiger partial charge on any atom is -0.389 e. The molecule has 1 atom stereocenters. The topological polar surface area (TPSA) is 32.3 Å². The van der Waals surface area contributed by atoms with Crippen molar-refractivity contribution in [3.63, 3.8) is 0 Å². The molecule has 0 aromatic heterocycles. The number of aliphatic hydroxyl groups is 1. The summed E-state index contributed by atoms with van der Waals surface area (Å²) in [5.74, 6) is 0. The lowest BCUT2D eigenvalue weighted by Crippen LogP contribution is -2.41. The third-order valence-corrected chi connectivity index (χ3v) is 4.39. The van der Waals surface area contributed by atoms with Crippen molar-refractivity contribution in [2.75, 3.05) is 6.54 Å². The summed E-state index contributed by atoms with van der Waals surface area (Å²) in [6, 6.07) is 8.14. The lowest BCUT2D eigenvalue weighted by molar-refractivity contribution is 0.0231. The predicted molar refractivity (Wildman–Crippen MR) is 80.5 cm³/mol. The lowest BCUT2D eigenvalue weighted by Gasteiger charge is -2.29. The average molecular weight is 282 g/mol. The monoisotopic (exact) mass is 281 g/mol. The van der Waals surface area contributed by atoms with E-state index >= 15 is 0 Å². The highest BCUT2D eigenvalue weighted by Crippen LogP contribution is 2.27. The van der Waals surface area contributed by atoms with Crippen LogP contribution < -0.4 is 5.32 Å². The van der Waals surface area contributed by atoms with Gasteiger partial charge in [0, 0.05) is 17.6 Å². The van der Waals surface area contributed by atoms with Crippen LogP contribution in [0.25, 0.3) is 0 Å². The van der Waals surface area contributed by atoms with Crippen molar-refractivity contribution in [3.05, 3.63) is 34.9 Å². The maximum absolute atomic E-state index is 10.6. The van der Waals surface area contributed by atoms with E-state index in [-0.39, 0.29) is 6.04 Å². The van der Waals surface area contributed by atoms with Gasteiger partial charge >= 0.3 is 0 Å². The minimum atomic E-state index is -0.517. The van der Waals surface area contributed by atoms with Gasteiger partial charge in [-0.15, -0.1) is 0 Å². The molecule has 1 fully saturated rings. The van der Waals surface area contributed by atoms with Gasteiger partial charge in [0.25, 0.3) is 0 Å². The number of benzene rings is 1. The molecule has 19 heavy (non-hydrogen) atoms. The van der Waals surface area contributed by atoms with Crippen LogP contribution in [0.15, 0.2) is 24.3 Å². The van der Waals surface area contributed by atoms with Crippen LogP contribution in [-0.4, -0.2) is 17.3 Å². The first-order chi connectivity index (χ1) is 9.09. The van der Waals surface area contributed by atoms with Crippen LogP contribution in [0.4, 0.5) is 0 Å². The van der Waals surface area contributed by atoms with Gasteiger partial charge in [0.15, 0.2) is 0 Å². The third-order valence-electron chi connectivity index (χ3n) is 4.14. The quantitative estimate of drug-likeness (QED) is 0.815. The fourth-order valence-corrected chi connectivity index (χ4v) is 2.90. The zero-order chi connectivity index (χ0) is 13.7.